The summed E-state index contributed by atoms with van der Waals surface area (Å²) in [5.41, 5.74) is 1.68. The van der Waals surface area contributed by atoms with Crippen LogP contribution in [0.1, 0.15) is 42.4 Å². The molecule has 0 bridgehead atoms. The number of aryl methyl sites for hydroxylation is 1. The van der Waals surface area contributed by atoms with Crippen LogP contribution in [0.15, 0.2) is 41.0 Å². The number of hydrogen-bond acceptors (Lipinski definition) is 2. The summed E-state index contributed by atoms with van der Waals surface area (Å²) in [5, 5.41) is 7.24. The molecule has 1 atom stereocenters. The molecule has 4 nitrogen and oxygen atoms in total. The number of nitrogens with one attached hydrogen (secondary N) is 1. The standard InChI is InChI=1S/C15H18BrN3O/c1-3-13(11-8-6-5-7-9-11)18-15(20)14-12(16)10-17-19(14)4-2/h5-10,13H,3-4H2,1-2H3,(H,18,20). The lowest BCUT2D eigenvalue weighted by atomic mass is 10.0. The summed E-state index contributed by atoms with van der Waals surface area (Å²) in [7, 11) is 0. The van der Waals surface area contributed by atoms with E-state index < -0.39 is 0 Å². The third-order valence-corrected chi connectivity index (χ3v) is 3.81. The second kappa shape index (κ2) is 6.70. The molecule has 0 aliphatic rings. The highest BCUT2D eigenvalue weighted by molar-refractivity contribution is 9.10. The lowest BCUT2D eigenvalue weighted by molar-refractivity contribution is 0.0924. The SMILES string of the molecule is CCC(NC(=O)c1c(Br)cnn1CC)c1ccccc1. The van der Waals surface area contributed by atoms with E-state index in [0.717, 1.165) is 16.5 Å². The van der Waals surface area contributed by atoms with Crippen molar-refractivity contribution in [2.75, 3.05) is 0 Å². The number of carbonyl (C=O) groups excluding carboxylic acids is 1. The van der Waals surface area contributed by atoms with Crippen LogP contribution >= 0.6 is 15.9 Å². The van der Waals surface area contributed by atoms with Crippen LogP contribution in [0.3, 0.4) is 0 Å². The fourth-order valence-corrected chi connectivity index (χ4v) is 2.64. The zero-order chi connectivity index (χ0) is 14.5. The highest BCUT2D eigenvalue weighted by Gasteiger charge is 2.19. The van der Waals surface area contributed by atoms with E-state index in [1.807, 2.05) is 37.3 Å². The lowest BCUT2D eigenvalue weighted by Gasteiger charge is -2.18. The summed E-state index contributed by atoms with van der Waals surface area (Å²) in [6.45, 7) is 4.69. The van der Waals surface area contributed by atoms with Crippen molar-refractivity contribution in [3.8, 4) is 0 Å². The molecule has 0 fully saturated rings. The van der Waals surface area contributed by atoms with Gasteiger partial charge in [-0.3, -0.25) is 9.48 Å². The van der Waals surface area contributed by atoms with Gasteiger partial charge in [0.1, 0.15) is 5.69 Å². The first-order valence-corrected chi connectivity index (χ1v) is 7.53. The fraction of sp³-hybridized carbons (Fsp3) is 0.333. The van der Waals surface area contributed by atoms with Gasteiger partial charge in [-0.05, 0) is 34.8 Å². The van der Waals surface area contributed by atoms with Crippen LogP contribution in [0.25, 0.3) is 0 Å². The van der Waals surface area contributed by atoms with Crippen LogP contribution in [0, 0.1) is 0 Å². The first-order chi connectivity index (χ1) is 9.67. The van der Waals surface area contributed by atoms with E-state index in [9.17, 15) is 4.79 Å². The van der Waals surface area contributed by atoms with Crippen LogP contribution in [-0.2, 0) is 6.54 Å². The highest BCUT2D eigenvalue weighted by atomic mass is 79.9. The van der Waals surface area contributed by atoms with E-state index in [4.69, 9.17) is 0 Å². The van der Waals surface area contributed by atoms with Gasteiger partial charge in [0.15, 0.2) is 0 Å². The highest BCUT2D eigenvalue weighted by Crippen LogP contribution is 2.20. The Morgan fingerprint density at radius 1 is 1.35 bits per heavy atom. The van der Waals surface area contributed by atoms with Gasteiger partial charge < -0.3 is 5.32 Å². The molecule has 1 N–H and O–H groups in total. The monoisotopic (exact) mass is 335 g/mol. The van der Waals surface area contributed by atoms with E-state index in [-0.39, 0.29) is 11.9 Å². The molecule has 0 saturated heterocycles. The molecule has 2 rings (SSSR count). The van der Waals surface area contributed by atoms with E-state index in [1.54, 1.807) is 10.9 Å². The number of aromatic nitrogens is 2. The summed E-state index contributed by atoms with van der Waals surface area (Å²) in [5.74, 6) is -0.105. The number of halogens is 1. The van der Waals surface area contributed by atoms with Crippen molar-refractivity contribution in [1.29, 1.82) is 0 Å². The molecular formula is C15H18BrN3O. The lowest BCUT2D eigenvalue weighted by Crippen LogP contribution is -2.30. The smallest absolute Gasteiger partial charge is 0.271 e. The van der Waals surface area contributed by atoms with Crippen LogP contribution in [-0.4, -0.2) is 15.7 Å². The number of benzene rings is 1. The quantitative estimate of drug-likeness (QED) is 0.908. The maximum Gasteiger partial charge on any atom is 0.271 e. The molecule has 20 heavy (non-hydrogen) atoms. The van der Waals surface area contributed by atoms with Gasteiger partial charge in [-0.15, -0.1) is 0 Å². The summed E-state index contributed by atoms with van der Waals surface area (Å²) in [4.78, 5) is 12.4. The summed E-state index contributed by atoms with van der Waals surface area (Å²) in [6, 6.07) is 10.0. The number of carbonyl (C=O) groups is 1. The zero-order valence-electron chi connectivity index (χ0n) is 11.6. The van der Waals surface area contributed by atoms with E-state index >= 15 is 0 Å². The number of hydrogen-bond donors (Lipinski definition) is 1. The molecule has 1 amide bonds. The normalized spacial score (nSPS) is 12.2. The number of amides is 1. The maximum absolute atomic E-state index is 12.4. The Morgan fingerprint density at radius 2 is 2.05 bits per heavy atom. The van der Waals surface area contributed by atoms with Gasteiger partial charge in [0.25, 0.3) is 5.91 Å². The van der Waals surface area contributed by atoms with Gasteiger partial charge in [-0.2, -0.15) is 5.10 Å². The Morgan fingerprint density at radius 3 is 2.65 bits per heavy atom. The average Bonchev–Trinajstić information content (AvgIpc) is 2.86. The van der Waals surface area contributed by atoms with Gasteiger partial charge >= 0.3 is 0 Å². The molecule has 1 aromatic carbocycles. The van der Waals surface area contributed by atoms with Gasteiger partial charge in [-0.25, -0.2) is 0 Å². The molecule has 0 radical (unpaired) electrons. The predicted octanol–water partition coefficient (Wildman–Crippen LogP) is 3.55. The molecule has 0 aliphatic heterocycles. The third kappa shape index (κ3) is 3.10. The Hall–Kier alpha value is -1.62. The van der Waals surface area contributed by atoms with Gasteiger partial charge in [0.2, 0.25) is 0 Å². The largest absolute Gasteiger partial charge is 0.344 e. The second-order valence-corrected chi connectivity index (χ2v) is 5.36. The molecule has 0 spiro atoms. The Balaban J connectivity index is 2.20. The molecule has 1 heterocycles. The zero-order valence-corrected chi connectivity index (χ0v) is 13.2. The molecule has 0 aliphatic carbocycles. The van der Waals surface area contributed by atoms with Gasteiger partial charge in [0.05, 0.1) is 16.7 Å². The van der Waals surface area contributed by atoms with E-state index in [0.29, 0.717) is 12.2 Å². The molecule has 2 aromatic rings. The van der Waals surface area contributed by atoms with Crippen molar-refractivity contribution < 1.29 is 4.79 Å². The molecule has 0 saturated carbocycles. The maximum atomic E-state index is 12.4. The minimum Gasteiger partial charge on any atom is -0.344 e. The molecular weight excluding hydrogens is 318 g/mol. The summed E-state index contributed by atoms with van der Waals surface area (Å²) < 4.78 is 2.41. The topological polar surface area (TPSA) is 46.9 Å². The minimum atomic E-state index is -0.105. The van der Waals surface area contributed by atoms with Crippen molar-refractivity contribution in [2.45, 2.75) is 32.9 Å². The van der Waals surface area contributed by atoms with Crippen LogP contribution < -0.4 is 5.32 Å². The molecule has 1 unspecified atom stereocenters. The van der Waals surface area contributed by atoms with Gasteiger partial charge in [0, 0.05) is 6.54 Å². The molecule has 106 valence electrons. The van der Waals surface area contributed by atoms with Crippen LogP contribution in [0.4, 0.5) is 0 Å². The predicted molar refractivity (Wildman–Crippen MR) is 82.5 cm³/mol. The first kappa shape index (κ1) is 14.8. The Bertz CT molecular complexity index is 580. The summed E-state index contributed by atoms with van der Waals surface area (Å²) >= 11 is 3.38. The number of nitrogens with zero attached hydrogens (tertiary/aromatic N) is 2. The van der Waals surface area contributed by atoms with Crippen molar-refractivity contribution >= 4 is 21.8 Å². The first-order valence-electron chi connectivity index (χ1n) is 6.74. The Kier molecular flexibility index (Phi) is 4.95. The van der Waals surface area contributed by atoms with Crippen LogP contribution in [0.2, 0.25) is 0 Å². The number of rotatable bonds is 5. The van der Waals surface area contributed by atoms with Crippen molar-refractivity contribution in [3.63, 3.8) is 0 Å². The van der Waals surface area contributed by atoms with Crippen molar-refractivity contribution in [3.05, 3.63) is 52.3 Å². The molecule has 1 aromatic heterocycles. The average molecular weight is 336 g/mol. The third-order valence-electron chi connectivity index (χ3n) is 3.22. The molecule has 5 heteroatoms. The summed E-state index contributed by atoms with van der Waals surface area (Å²) in [6.07, 6.45) is 2.50. The van der Waals surface area contributed by atoms with Crippen molar-refractivity contribution in [1.82, 2.24) is 15.1 Å². The van der Waals surface area contributed by atoms with Crippen molar-refractivity contribution in [2.24, 2.45) is 0 Å². The second-order valence-electron chi connectivity index (χ2n) is 4.50. The van der Waals surface area contributed by atoms with E-state index in [1.165, 1.54) is 0 Å². The van der Waals surface area contributed by atoms with E-state index in [2.05, 4.69) is 33.3 Å². The van der Waals surface area contributed by atoms with Crippen LogP contribution in [0.5, 0.6) is 0 Å². The Labute approximate surface area is 127 Å². The fourth-order valence-electron chi connectivity index (χ4n) is 2.16. The minimum absolute atomic E-state index is 0.0100. The van der Waals surface area contributed by atoms with Gasteiger partial charge in [-0.1, -0.05) is 37.3 Å².